The van der Waals surface area contributed by atoms with E-state index in [9.17, 15) is 14.9 Å². The Morgan fingerprint density at radius 3 is 2.48 bits per heavy atom. The van der Waals surface area contributed by atoms with Crippen LogP contribution in [0.4, 0.5) is 5.69 Å². The molecule has 0 aliphatic rings. The highest BCUT2D eigenvalue weighted by Crippen LogP contribution is 2.30. The Bertz CT molecular complexity index is 843. The largest absolute Gasteiger partial charge is 0.497 e. The highest BCUT2D eigenvalue weighted by molar-refractivity contribution is 6.32. The molecule has 0 heterocycles. The van der Waals surface area contributed by atoms with Crippen LogP contribution >= 0.6 is 11.6 Å². The van der Waals surface area contributed by atoms with E-state index in [2.05, 4.69) is 5.32 Å². The summed E-state index contributed by atoms with van der Waals surface area (Å²) in [4.78, 5) is 22.3. The number of rotatable bonds is 8. The number of methoxy groups -OCH3 is 2. The number of halogens is 1. The number of nitrogens with zero attached hydrogens (tertiary/aromatic N) is 1. The first kappa shape index (κ1) is 20.3. The van der Waals surface area contributed by atoms with Crippen molar-refractivity contribution in [2.75, 3.05) is 20.8 Å². The van der Waals surface area contributed by atoms with Crippen molar-refractivity contribution in [2.24, 2.45) is 0 Å². The standard InChI is InChI=1S/C18H19ClN2O6/c1-11(14-9-13(25-2)5-7-16(14)26-3)20-18(22)10-27-17-6-4-12(21(23)24)8-15(17)19/h4-9,11H,10H2,1-3H3,(H,20,22)/t11-/m1/s1. The quantitative estimate of drug-likeness (QED) is 0.543. The summed E-state index contributed by atoms with van der Waals surface area (Å²) in [6, 6.07) is 8.70. The monoisotopic (exact) mass is 394 g/mol. The number of non-ortho nitro benzene ring substituents is 1. The van der Waals surface area contributed by atoms with Gasteiger partial charge in [0.1, 0.15) is 17.2 Å². The first-order valence-electron chi connectivity index (χ1n) is 7.93. The van der Waals surface area contributed by atoms with Gasteiger partial charge in [0.05, 0.1) is 30.2 Å². The number of ether oxygens (including phenoxy) is 3. The molecule has 0 unspecified atom stereocenters. The average molecular weight is 395 g/mol. The lowest BCUT2D eigenvalue weighted by atomic mass is 10.1. The molecular weight excluding hydrogens is 376 g/mol. The van der Waals surface area contributed by atoms with Crippen LogP contribution in [0.5, 0.6) is 17.2 Å². The topological polar surface area (TPSA) is 99.9 Å². The normalized spacial score (nSPS) is 11.4. The summed E-state index contributed by atoms with van der Waals surface area (Å²) in [6.07, 6.45) is 0. The van der Waals surface area contributed by atoms with Crippen molar-refractivity contribution in [3.05, 3.63) is 57.1 Å². The zero-order valence-electron chi connectivity index (χ0n) is 15.0. The molecule has 9 heteroatoms. The molecule has 0 fully saturated rings. The minimum atomic E-state index is -0.564. The van der Waals surface area contributed by atoms with Crippen LogP contribution in [-0.4, -0.2) is 31.7 Å². The summed E-state index contributed by atoms with van der Waals surface area (Å²) >= 11 is 5.94. The lowest BCUT2D eigenvalue weighted by Crippen LogP contribution is -2.31. The van der Waals surface area contributed by atoms with Crippen molar-refractivity contribution in [2.45, 2.75) is 13.0 Å². The summed E-state index contributed by atoms with van der Waals surface area (Å²) in [7, 11) is 3.09. The van der Waals surface area contributed by atoms with Crippen molar-refractivity contribution in [3.63, 3.8) is 0 Å². The maximum atomic E-state index is 12.2. The van der Waals surface area contributed by atoms with Crippen molar-refractivity contribution in [1.29, 1.82) is 0 Å². The molecule has 0 spiro atoms. The van der Waals surface area contributed by atoms with Crippen LogP contribution in [-0.2, 0) is 4.79 Å². The van der Waals surface area contributed by atoms with Crippen LogP contribution in [0.3, 0.4) is 0 Å². The zero-order valence-corrected chi connectivity index (χ0v) is 15.8. The minimum absolute atomic E-state index is 0.0551. The highest BCUT2D eigenvalue weighted by atomic mass is 35.5. The second-order valence-electron chi connectivity index (χ2n) is 5.56. The fourth-order valence-electron chi connectivity index (χ4n) is 2.40. The molecule has 1 atom stereocenters. The maximum absolute atomic E-state index is 12.2. The molecule has 2 rings (SSSR count). The van der Waals surface area contributed by atoms with Gasteiger partial charge in [-0.2, -0.15) is 0 Å². The van der Waals surface area contributed by atoms with E-state index < -0.39 is 4.92 Å². The molecule has 0 aliphatic carbocycles. The molecule has 27 heavy (non-hydrogen) atoms. The molecule has 1 N–H and O–H groups in total. The first-order chi connectivity index (χ1) is 12.8. The Kier molecular flexibility index (Phi) is 6.84. The Morgan fingerprint density at radius 2 is 1.89 bits per heavy atom. The van der Waals surface area contributed by atoms with E-state index in [0.29, 0.717) is 11.5 Å². The van der Waals surface area contributed by atoms with Gasteiger partial charge in [-0.25, -0.2) is 0 Å². The maximum Gasteiger partial charge on any atom is 0.271 e. The van der Waals surface area contributed by atoms with E-state index in [0.717, 1.165) is 5.56 Å². The third-order valence-corrected chi connectivity index (χ3v) is 4.06. The van der Waals surface area contributed by atoms with E-state index >= 15 is 0 Å². The van der Waals surface area contributed by atoms with Crippen molar-refractivity contribution < 1.29 is 23.9 Å². The van der Waals surface area contributed by atoms with E-state index in [4.69, 9.17) is 25.8 Å². The lowest BCUT2D eigenvalue weighted by molar-refractivity contribution is -0.384. The van der Waals surface area contributed by atoms with E-state index in [-0.39, 0.29) is 35.0 Å². The Morgan fingerprint density at radius 1 is 1.19 bits per heavy atom. The van der Waals surface area contributed by atoms with Gasteiger partial charge in [0.25, 0.3) is 11.6 Å². The molecule has 0 aliphatic heterocycles. The van der Waals surface area contributed by atoms with E-state index in [1.54, 1.807) is 39.3 Å². The Balaban J connectivity index is 2.01. The molecule has 2 aromatic carbocycles. The van der Waals surface area contributed by atoms with Crippen molar-refractivity contribution >= 4 is 23.2 Å². The summed E-state index contributed by atoms with van der Waals surface area (Å²) in [6.45, 7) is 1.50. The molecule has 0 saturated carbocycles. The molecule has 0 radical (unpaired) electrons. The van der Waals surface area contributed by atoms with Crippen LogP contribution in [0.2, 0.25) is 5.02 Å². The number of amides is 1. The number of hydrogen-bond acceptors (Lipinski definition) is 6. The smallest absolute Gasteiger partial charge is 0.271 e. The van der Waals surface area contributed by atoms with Crippen molar-refractivity contribution in [3.8, 4) is 17.2 Å². The molecule has 144 valence electrons. The predicted octanol–water partition coefficient (Wildman–Crippen LogP) is 3.52. The lowest BCUT2D eigenvalue weighted by Gasteiger charge is -2.18. The van der Waals surface area contributed by atoms with Gasteiger partial charge in [0.2, 0.25) is 0 Å². The van der Waals surface area contributed by atoms with E-state index in [1.807, 2.05) is 0 Å². The second kappa shape index (κ2) is 9.09. The van der Waals surface area contributed by atoms with Crippen molar-refractivity contribution in [1.82, 2.24) is 5.32 Å². The van der Waals surface area contributed by atoms with Gasteiger partial charge in [-0.05, 0) is 31.2 Å². The molecule has 0 saturated heterocycles. The number of nitro benzene ring substituents is 1. The summed E-state index contributed by atoms with van der Waals surface area (Å²) < 4.78 is 15.9. The fraction of sp³-hybridized carbons (Fsp3) is 0.278. The Labute approximate surface area is 161 Å². The third kappa shape index (κ3) is 5.24. The molecule has 1 amide bonds. The van der Waals surface area contributed by atoms with Gasteiger partial charge in [-0.1, -0.05) is 11.6 Å². The summed E-state index contributed by atoms with van der Waals surface area (Å²) in [5.41, 5.74) is 0.592. The van der Waals surface area contributed by atoms with Gasteiger partial charge in [0.15, 0.2) is 6.61 Å². The van der Waals surface area contributed by atoms with Crippen LogP contribution in [0.15, 0.2) is 36.4 Å². The van der Waals surface area contributed by atoms with Crippen LogP contribution < -0.4 is 19.5 Å². The van der Waals surface area contributed by atoms with Gasteiger partial charge in [0, 0.05) is 17.7 Å². The number of hydrogen-bond donors (Lipinski definition) is 1. The van der Waals surface area contributed by atoms with Gasteiger partial charge in [-0.3, -0.25) is 14.9 Å². The molecule has 8 nitrogen and oxygen atoms in total. The SMILES string of the molecule is COc1ccc(OC)c([C@@H](C)NC(=O)COc2ccc([N+](=O)[O-])cc2Cl)c1. The molecule has 0 bridgehead atoms. The number of carbonyl (C=O) groups is 1. The molecule has 2 aromatic rings. The predicted molar refractivity (Wildman–Crippen MR) is 99.7 cm³/mol. The van der Waals surface area contributed by atoms with Crippen LogP contribution in [0, 0.1) is 10.1 Å². The van der Waals surface area contributed by atoms with Crippen LogP contribution in [0.1, 0.15) is 18.5 Å². The summed E-state index contributed by atoms with van der Waals surface area (Å²) in [5.74, 6) is 1.05. The van der Waals surface area contributed by atoms with E-state index in [1.165, 1.54) is 18.2 Å². The molecular formula is C18H19ClN2O6. The minimum Gasteiger partial charge on any atom is -0.497 e. The number of nitrogens with one attached hydrogen (secondary N) is 1. The number of carbonyl (C=O) groups excluding carboxylic acids is 1. The number of nitro groups is 1. The average Bonchev–Trinajstić information content (AvgIpc) is 2.66. The van der Waals surface area contributed by atoms with Crippen LogP contribution in [0.25, 0.3) is 0 Å². The first-order valence-corrected chi connectivity index (χ1v) is 8.31. The summed E-state index contributed by atoms with van der Waals surface area (Å²) in [5, 5.41) is 13.6. The fourth-order valence-corrected chi connectivity index (χ4v) is 2.63. The second-order valence-corrected chi connectivity index (χ2v) is 5.96. The van der Waals surface area contributed by atoms with Gasteiger partial charge >= 0.3 is 0 Å². The highest BCUT2D eigenvalue weighted by Gasteiger charge is 2.16. The molecule has 0 aromatic heterocycles. The number of benzene rings is 2. The Hall–Kier alpha value is -3.00. The van der Waals surface area contributed by atoms with Gasteiger partial charge in [-0.15, -0.1) is 0 Å². The van der Waals surface area contributed by atoms with Gasteiger partial charge < -0.3 is 19.5 Å². The zero-order chi connectivity index (χ0) is 20.0. The third-order valence-electron chi connectivity index (χ3n) is 3.77.